The third kappa shape index (κ3) is 1.69. The Morgan fingerprint density at radius 3 is 2.25 bits per heavy atom. The summed E-state index contributed by atoms with van der Waals surface area (Å²) >= 11 is 0. The van der Waals surface area contributed by atoms with Crippen LogP contribution < -0.4 is 0 Å². The first-order valence-corrected chi connectivity index (χ1v) is 1.34. The van der Waals surface area contributed by atoms with E-state index in [1.807, 2.05) is 0 Å². The third-order valence-electron chi connectivity index (χ3n) is 0.0680. The van der Waals surface area contributed by atoms with Crippen molar-refractivity contribution < 1.29 is 9.22 Å². The second-order valence-electron chi connectivity index (χ2n) is 0.263. The quantitative estimate of drug-likeness (QED) is 0.286. The van der Waals surface area contributed by atoms with Gasteiger partial charge in [-0.2, -0.15) is 0 Å². The first-order chi connectivity index (χ1) is 1.91. The van der Waals surface area contributed by atoms with Gasteiger partial charge in [-0.1, -0.05) is 0 Å². The molecule has 3 heteroatoms. The Labute approximate surface area is 27.3 Å². The highest BCUT2D eigenvalue weighted by Crippen LogP contribution is 1.32. The van der Waals surface area contributed by atoms with E-state index in [4.69, 9.17) is 4.79 Å². The van der Waals surface area contributed by atoms with Gasteiger partial charge in [0.1, 0.15) is 0 Å². The normalized spacial score (nSPS) is 5.25. The van der Waals surface area contributed by atoms with E-state index in [1.54, 1.807) is 0 Å². The van der Waals surface area contributed by atoms with Crippen LogP contribution in [-0.2, 0) is 9.22 Å². The van der Waals surface area contributed by atoms with E-state index in [0.29, 0.717) is 6.47 Å². The molecule has 0 heterocycles. The van der Waals surface area contributed by atoms with E-state index in [2.05, 4.69) is 4.43 Å². The molecule has 0 bridgehead atoms. The van der Waals surface area contributed by atoms with Crippen molar-refractivity contribution >= 4 is 17.0 Å². The van der Waals surface area contributed by atoms with Crippen molar-refractivity contribution in [3.63, 3.8) is 0 Å². The minimum atomic E-state index is 0.387. The monoisotopic (exact) mass is 75.0 g/mol. The maximum Gasteiger partial charge on any atom is 0.279 e. The third-order valence-corrected chi connectivity index (χ3v) is 0.204. The summed E-state index contributed by atoms with van der Waals surface area (Å²) in [6, 6.07) is 0. The van der Waals surface area contributed by atoms with Gasteiger partial charge in [0.05, 0.1) is 0 Å². The largest absolute Gasteiger partial charge is 0.527 e. The zero-order chi connectivity index (χ0) is 3.41. The van der Waals surface area contributed by atoms with Gasteiger partial charge in [0.15, 0.2) is 0 Å². The average Bonchev–Trinajstić information content (AvgIpc) is 1.37. The molecule has 0 amide bonds. The molecule has 2 nitrogen and oxygen atoms in total. The van der Waals surface area contributed by atoms with E-state index in [9.17, 15) is 0 Å². The highest BCUT2D eigenvalue weighted by Gasteiger charge is 1.45. The highest BCUT2D eigenvalue weighted by atomic mass is 28.2. The summed E-state index contributed by atoms with van der Waals surface area (Å²) in [5.74, 6) is 0. The molecule has 0 aliphatic carbocycles. The first-order valence-electron chi connectivity index (χ1n) is 0.760. The lowest BCUT2D eigenvalue weighted by molar-refractivity contribution is -0.120. The Morgan fingerprint density at radius 2 is 2.25 bits per heavy atom. The molecule has 0 spiro atoms. The van der Waals surface area contributed by atoms with Crippen LogP contribution in [0.2, 0.25) is 0 Å². The molecular formula is CH3O2Si. The molecule has 0 unspecified atom stereocenters. The lowest BCUT2D eigenvalue weighted by Gasteiger charge is -1.67. The molecule has 0 aromatic rings. The number of hydrogen-bond acceptors (Lipinski definition) is 2. The van der Waals surface area contributed by atoms with Crippen molar-refractivity contribution in [2.24, 2.45) is 0 Å². The Hall–Kier alpha value is -0.313. The summed E-state index contributed by atoms with van der Waals surface area (Å²) in [6.07, 6.45) is 0. The van der Waals surface area contributed by atoms with Crippen molar-refractivity contribution in [1.82, 2.24) is 0 Å². The fourth-order valence-electron chi connectivity index (χ4n) is 0. The summed E-state index contributed by atoms with van der Waals surface area (Å²) in [5.41, 5.74) is 0. The predicted molar refractivity (Wildman–Crippen MR) is 15.7 cm³/mol. The zero-order valence-electron chi connectivity index (χ0n) is 2.10. The van der Waals surface area contributed by atoms with E-state index in [1.165, 1.54) is 0 Å². The van der Waals surface area contributed by atoms with Gasteiger partial charge in [-0.05, 0) is 0 Å². The number of carbonyl (C=O) groups is 1. The standard InChI is InChI=1S/CH3O2Si/c2-1-3-4/h1H,4H2. The molecule has 0 aliphatic heterocycles. The first kappa shape index (κ1) is 3.69. The van der Waals surface area contributed by atoms with Crippen molar-refractivity contribution in [2.75, 3.05) is 0 Å². The van der Waals surface area contributed by atoms with Crippen LogP contribution >= 0.6 is 0 Å². The van der Waals surface area contributed by atoms with Crippen LogP contribution in [0.1, 0.15) is 0 Å². The number of carbonyl (C=O) groups excluding carboxylic acids is 1. The molecular weight excluding hydrogens is 72.1 g/mol. The molecule has 23 valence electrons. The summed E-state index contributed by atoms with van der Waals surface area (Å²) in [4.78, 5) is 8.96. The van der Waals surface area contributed by atoms with Crippen LogP contribution in [0.3, 0.4) is 0 Å². The Kier molecular flexibility index (Phi) is 2.48. The second-order valence-corrected chi connectivity index (χ2v) is 0.596. The van der Waals surface area contributed by atoms with Gasteiger partial charge in [-0.3, -0.25) is 4.79 Å². The van der Waals surface area contributed by atoms with Gasteiger partial charge in [0, 0.05) is 0 Å². The molecule has 0 saturated heterocycles. The summed E-state index contributed by atoms with van der Waals surface area (Å²) in [5, 5.41) is 0. The SMILES string of the molecule is O=CO[SiH2]. The van der Waals surface area contributed by atoms with E-state index < -0.39 is 0 Å². The maximum atomic E-state index is 8.96. The highest BCUT2D eigenvalue weighted by molar-refractivity contribution is 6.01. The topological polar surface area (TPSA) is 26.3 Å². The fourth-order valence-corrected chi connectivity index (χ4v) is 0. The van der Waals surface area contributed by atoms with Crippen molar-refractivity contribution in [3.05, 3.63) is 0 Å². The van der Waals surface area contributed by atoms with Crippen LogP contribution in [0.25, 0.3) is 0 Å². The van der Waals surface area contributed by atoms with Crippen molar-refractivity contribution in [1.29, 1.82) is 0 Å². The minimum absolute atomic E-state index is 0.387. The van der Waals surface area contributed by atoms with Crippen LogP contribution in [0, 0.1) is 0 Å². The summed E-state index contributed by atoms with van der Waals surface area (Å²) in [7, 11) is 1.15. The van der Waals surface area contributed by atoms with Gasteiger partial charge < -0.3 is 4.43 Å². The molecule has 0 saturated carbocycles. The molecule has 0 aromatic heterocycles. The van der Waals surface area contributed by atoms with Crippen LogP contribution in [0.5, 0.6) is 0 Å². The van der Waals surface area contributed by atoms with Gasteiger partial charge in [0.25, 0.3) is 6.47 Å². The zero-order valence-corrected chi connectivity index (χ0v) is 3.52. The fraction of sp³-hybridized carbons (Fsp3) is 0. The summed E-state index contributed by atoms with van der Waals surface area (Å²) < 4.78 is 3.89. The smallest absolute Gasteiger partial charge is 0.279 e. The van der Waals surface area contributed by atoms with Gasteiger partial charge in [-0.25, -0.2) is 0 Å². The predicted octanol–water partition coefficient (Wildman–Crippen LogP) is -1.29. The van der Waals surface area contributed by atoms with Gasteiger partial charge >= 0.3 is 0 Å². The van der Waals surface area contributed by atoms with Crippen molar-refractivity contribution in [2.45, 2.75) is 0 Å². The molecule has 0 aliphatic rings. The molecule has 1 radical (unpaired) electrons. The van der Waals surface area contributed by atoms with Crippen LogP contribution in [0.15, 0.2) is 0 Å². The van der Waals surface area contributed by atoms with Crippen LogP contribution in [0.4, 0.5) is 0 Å². The number of hydrogen-bond donors (Lipinski definition) is 0. The minimum Gasteiger partial charge on any atom is -0.527 e. The van der Waals surface area contributed by atoms with E-state index in [0.717, 1.165) is 10.5 Å². The van der Waals surface area contributed by atoms with Crippen LogP contribution in [-0.4, -0.2) is 17.0 Å². The van der Waals surface area contributed by atoms with E-state index >= 15 is 0 Å². The Balaban J connectivity index is 2.30. The van der Waals surface area contributed by atoms with E-state index in [-0.39, 0.29) is 0 Å². The molecule has 0 rings (SSSR count). The Morgan fingerprint density at radius 1 is 2.00 bits per heavy atom. The molecule has 0 N–H and O–H groups in total. The lowest BCUT2D eigenvalue weighted by atomic mass is 11.7. The van der Waals surface area contributed by atoms with Gasteiger partial charge in [0.2, 0.25) is 10.5 Å². The maximum absolute atomic E-state index is 8.96. The molecule has 0 atom stereocenters. The van der Waals surface area contributed by atoms with Crippen molar-refractivity contribution in [3.8, 4) is 0 Å². The number of rotatable bonds is 1. The average molecular weight is 75.1 g/mol. The second kappa shape index (κ2) is 2.69. The molecule has 0 fully saturated rings. The summed E-state index contributed by atoms with van der Waals surface area (Å²) in [6.45, 7) is 0.387. The Bertz CT molecular complexity index is 20.0. The van der Waals surface area contributed by atoms with Gasteiger partial charge in [-0.15, -0.1) is 0 Å². The molecule has 0 aromatic carbocycles. The molecule has 4 heavy (non-hydrogen) atoms. The lowest BCUT2D eigenvalue weighted by Crippen LogP contribution is -1.71.